The average molecular weight is 1040 g/mol. The topological polar surface area (TPSA) is 66.4 Å². The van der Waals surface area contributed by atoms with Crippen molar-refractivity contribution >= 4 is 11.7 Å². The van der Waals surface area contributed by atoms with Crippen LogP contribution in [0, 0.1) is 0 Å². The van der Waals surface area contributed by atoms with Crippen molar-refractivity contribution in [3.8, 4) is 0 Å². The number of carbonyl (C=O) groups is 2. The lowest BCUT2D eigenvalue weighted by molar-refractivity contribution is -0.121. The molecule has 2 N–H and O–H groups in total. The number of hydrogen-bond donors (Lipinski definition) is 2. The maximum Gasteiger partial charge on any atom is 0.220 e. The lowest BCUT2D eigenvalue weighted by Crippen LogP contribution is -2.31. The quantitative estimate of drug-likeness (QED) is 0.0597. The summed E-state index contributed by atoms with van der Waals surface area (Å²) in [4.78, 5) is 24.6. The molecule has 0 aromatic rings. The van der Waals surface area contributed by atoms with Gasteiger partial charge in [0.1, 0.15) is 5.78 Å². The molecule has 0 saturated heterocycles. The first-order chi connectivity index (χ1) is 36.6. The number of ketones is 1. The molecular formula is C70H139NO3. The van der Waals surface area contributed by atoms with Crippen LogP contribution in [-0.4, -0.2) is 29.4 Å². The van der Waals surface area contributed by atoms with Gasteiger partial charge >= 0.3 is 0 Å². The van der Waals surface area contributed by atoms with Crippen LogP contribution >= 0.6 is 0 Å². The summed E-state index contributed by atoms with van der Waals surface area (Å²) < 4.78 is 0. The molecule has 0 saturated carbocycles. The lowest BCUT2D eigenvalue weighted by Gasteiger charge is -2.12. The summed E-state index contributed by atoms with van der Waals surface area (Å²) in [6, 6.07) is 0. The molecule has 0 aromatic carbocycles. The van der Waals surface area contributed by atoms with Crippen LogP contribution in [0.15, 0.2) is 0 Å². The fourth-order valence-electron chi connectivity index (χ4n) is 11.5. The fourth-order valence-corrected chi connectivity index (χ4v) is 11.5. The number of Topliss-reactive ketones (excluding diaryl/α,β-unsaturated/α-hetero) is 1. The predicted molar refractivity (Wildman–Crippen MR) is 331 cm³/mol. The van der Waals surface area contributed by atoms with E-state index in [2.05, 4.69) is 19.2 Å². The molecule has 0 radical (unpaired) electrons. The molecule has 0 aromatic heterocycles. The van der Waals surface area contributed by atoms with E-state index in [1.165, 1.54) is 353 Å². The summed E-state index contributed by atoms with van der Waals surface area (Å²) in [7, 11) is 0. The monoisotopic (exact) mass is 1040 g/mol. The molecule has 0 aliphatic heterocycles. The van der Waals surface area contributed by atoms with Crippen LogP contribution < -0.4 is 5.32 Å². The normalized spacial score (nSPS) is 12.0. The Balaban J connectivity index is 3.22. The molecule has 1 unspecified atom stereocenters. The summed E-state index contributed by atoms with van der Waals surface area (Å²) >= 11 is 0. The van der Waals surface area contributed by atoms with E-state index in [4.69, 9.17) is 0 Å². The number of nitrogens with one attached hydrogen (secondary N) is 1. The Morgan fingerprint density at radius 3 is 0.649 bits per heavy atom. The van der Waals surface area contributed by atoms with Crippen LogP contribution in [0.3, 0.4) is 0 Å². The van der Waals surface area contributed by atoms with Gasteiger partial charge in [-0.3, -0.25) is 9.59 Å². The van der Waals surface area contributed by atoms with E-state index in [1.807, 2.05) is 0 Å². The van der Waals surface area contributed by atoms with E-state index >= 15 is 0 Å². The first-order valence-corrected chi connectivity index (χ1v) is 35.1. The fraction of sp³-hybridized carbons (Fsp3) is 0.971. The minimum atomic E-state index is -0.391. The summed E-state index contributed by atoms with van der Waals surface area (Å²) in [5, 5.41) is 13.3. The highest BCUT2D eigenvalue weighted by Gasteiger charge is 2.08. The molecular weight excluding hydrogens is 903 g/mol. The van der Waals surface area contributed by atoms with E-state index < -0.39 is 6.10 Å². The Morgan fingerprint density at radius 1 is 0.257 bits per heavy atom. The third-order valence-electron chi connectivity index (χ3n) is 16.8. The highest BCUT2D eigenvalue weighted by atomic mass is 16.3. The van der Waals surface area contributed by atoms with E-state index in [-0.39, 0.29) is 5.91 Å². The first-order valence-electron chi connectivity index (χ1n) is 35.1. The molecule has 4 nitrogen and oxygen atoms in total. The zero-order valence-corrected chi connectivity index (χ0v) is 51.3. The van der Waals surface area contributed by atoms with Gasteiger partial charge in [0.25, 0.3) is 0 Å². The van der Waals surface area contributed by atoms with Gasteiger partial charge in [0.15, 0.2) is 0 Å². The SMILES string of the molecule is CCCCCCCCCCCCCCCCCCCC(=O)CCCCCCCCCCCCCCCCCCCCCCCCCCCCCC(=O)NCC(O)CCCCCCCCCCCCCCCCCC. The van der Waals surface area contributed by atoms with Crippen LogP contribution in [0.4, 0.5) is 0 Å². The van der Waals surface area contributed by atoms with Crippen LogP contribution in [0.25, 0.3) is 0 Å². The van der Waals surface area contributed by atoms with E-state index in [0.29, 0.717) is 18.7 Å². The second kappa shape index (κ2) is 66.4. The lowest BCUT2D eigenvalue weighted by atomic mass is 10.0. The van der Waals surface area contributed by atoms with E-state index in [9.17, 15) is 14.7 Å². The van der Waals surface area contributed by atoms with Crippen molar-refractivity contribution in [3.63, 3.8) is 0 Å². The van der Waals surface area contributed by atoms with Crippen molar-refractivity contribution < 1.29 is 14.7 Å². The largest absolute Gasteiger partial charge is 0.391 e. The summed E-state index contributed by atoms with van der Waals surface area (Å²) in [6.07, 6.45) is 85.1. The number of aliphatic hydroxyl groups is 1. The summed E-state index contributed by atoms with van der Waals surface area (Å²) in [5.41, 5.74) is 0. The molecule has 0 fully saturated rings. The van der Waals surface area contributed by atoms with Gasteiger partial charge in [-0.15, -0.1) is 0 Å². The Bertz CT molecular complexity index is 1040. The van der Waals surface area contributed by atoms with E-state index in [0.717, 1.165) is 51.4 Å². The van der Waals surface area contributed by atoms with Gasteiger partial charge in [-0.25, -0.2) is 0 Å². The Hall–Kier alpha value is -0.900. The molecule has 4 heteroatoms. The number of rotatable bonds is 67. The van der Waals surface area contributed by atoms with Gasteiger partial charge in [-0.05, 0) is 25.7 Å². The van der Waals surface area contributed by atoms with Gasteiger partial charge in [0.2, 0.25) is 5.91 Å². The van der Waals surface area contributed by atoms with E-state index in [1.54, 1.807) is 0 Å². The molecule has 1 atom stereocenters. The smallest absolute Gasteiger partial charge is 0.220 e. The maximum absolute atomic E-state index is 12.3. The van der Waals surface area contributed by atoms with Crippen LogP contribution in [0.1, 0.15) is 425 Å². The molecule has 0 heterocycles. The second-order valence-corrected chi connectivity index (χ2v) is 24.5. The highest BCUT2D eigenvalue weighted by Crippen LogP contribution is 2.20. The Morgan fingerprint density at radius 2 is 0.432 bits per heavy atom. The minimum absolute atomic E-state index is 0.118. The van der Waals surface area contributed by atoms with Gasteiger partial charge in [-0.1, -0.05) is 380 Å². The molecule has 0 bridgehead atoms. The van der Waals surface area contributed by atoms with Crippen molar-refractivity contribution in [2.75, 3.05) is 6.54 Å². The van der Waals surface area contributed by atoms with Gasteiger partial charge in [0, 0.05) is 25.8 Å². The standard InChI is InChI=1S/C70H139NO3/c1-3-5-7-9-11-13-15-17-19-32-36-39-43-47-51-55-59-63-68(72)64-60-56-52-48-44-40-37-33-30-28-26-24-22-21-23-25-27-29-31-34-38-42-46-50-54-58-62-66-70(74)71-67-69(73)65-61-57-53-49-45-41-35-20-18-16-14-12-10-8-6-4-2/h69,73H,3-67H2,1-2H3,(H,71,74). The maximum atomic E-state index is 12.3. The van der Waals surface area contributed by atoms with Gasteiger partial charge in [-0.2, -0.15) is 0 Å². The minimum Gasteiger partial charge on any atom is -0.391 e. The highest BCUT2D eigenvalue weighted by molar-refractivity contribution is 5.78. The number of unbranched alkanes of at least 4 members (excludes halogenated alkanes) is 57. The first kappa shape index (κ1) is 73.1. The van der Waals surface area contributed by atoms with Crippen LogP contribution in [0.2, 0.25) is 0 Å². The molecule has 1 amide bonds. The number of carbonyl (C=O) groups excluding carboxylic acids is 2. The predicted octanol–water partition coefficient (Wildman–Crippen LogP) is 24.0. The van der Waals surface area contributed by atoms with Crippen molar-refractivity contribution in [1.82, 2.24) is 5.32 Å². The van der Waals surface area contributed by atoms with Gasteiger partial charge in [0.05, 0.1) is 6.10 Å². The average Bonchev–Trinajstić information content (AvgIpc) is 3.40. The van der Waals surface area contributed by atoms with Crippen molar-refractivity contribution in [1.29, 1.82) is 0 Å². The molecule has 0 rings (SSSR count). The van der Waals surface area contributed by atoms with Crippen molar-refractivity contribution in [2.24, 2.45) is 0 Å². The van der Waals surface area contributed by atoms with Crippen molar-refractivity contribution in [2.45, 2.75) is 431 Å². The van der Waals surface area contributed by atoms with Crippen LogP contribution in [-0.2, 0) is 9.59 Å². The molecule has 0 aliphatic carbocycles. The zero-order valence-electron chi connectivity index (χ0n) is 51.3. The molecule has 0 spiro atoms. The molecule has 74 heavy (non-hydrogen) atoms. The van der Waals surface area contributed by atoms with Crippen LogP contribution in [0.5, 0.6) is 0 Å². The third-order valence-corrected chi connectivity index (χ3v) is 16.8. The molecule has 442 valence electrons. The Kier molecular flexibility index (Phi) is 65.6. The Labute approximate surface area is 467 Å². The third kappa shape index (κ3) is 65.4. The number of amides is 1. The summed E-state index contributed by atoms with van der Waals surface area (Å²) in [5.74, 6) is 0.644. The van der Waals surface area contributed by atoms with Crippen molar-refractivity contribution in [3.05, 3.63) is 0 Å². The summed E-state index contributed by atoms with van der Waals surface area (Å²) in [6.45, 7) is 5.01. The van der Waals surface area contributed by atoms with Gasteiger partial charge < -0.3 is 10.4 Å². The number of aliphatic hydroxyl groups excluding tert-OH is 1. The zero-order chi connectivity index (χ0) is 53.4. The number of hydrogen-bond acceptors (Lipinski definition) is 3. The molecule has 0 aliphatic rings. The second-order valence-electron chi connectivity index (χ2n) is 24.5.